The molecule has 0 radical (unpaired) electrons. The number of aliphatic hydroxyl groups is 1. The van der Waals surface area contributed by atoms with Gasteiger partial charge in [-0.3, -0.25) is 4.90 Å². The normalized spacial score (nSPS) is 38.1. The summed E-state index contributed by atoms with van der Waals surface area (Å²) >= 11 is 0. The highest BCUT2D eigenvalue weighted by Gasteiger charge is 2.34. The van der Waals surface area contributed by atoms with Crippen LogP contribution in [0.1, 0.15) is 33.1 Å². The Labute approximate surface area is 80.9 Å². The van der Waals surface area contributed by atoms with Gasteiger partial charge in [-0.05, 0) is 44.6 Å². The fourth-order valence-electron chi connectivity index (χ4n) is 2.30. The Kier molecular flexibility index (Phi) is 2.61. The molecule has 2 heteroatoms. The van der Waals surface area contributed by atoms with Crippen LogP contribution in [-0.2, 0) is 0 Å². The first-order chi connectivity index (χ1) is 6.18. The number of β-amino-alcohol motifs (C(OH)–C–C–N with tert-alkyl or cyclic N) is 1. The van der Waals surface area contributed by atoms with Gasteiger partial charge in [-0.1, -0.05) is 6.92 Å². The molecule has 0 aromatic rings. The van der Waals surface area contributed by atoms with E-state index in [0.717, 1.165) is 12.5 Å². The van der Waals surface area contributed by atoms with Crippen LogP contribution in [0, 0.1) is 11.8 Å². The summed E-state index contributed by atoms with van der Waals surface area (Å²) in [5, 5.41) is 9.81. The molecule has 1 aliphatic heterocycles. The van der Waals surface area contributed by atoms with Gasteiger partial charge in [-0.15, -0.1) is 0 Å². The van der Waals surface area contributed by atoms with Crippen molar-refractivity contribution in [2.75, 3.05) is 13.1 Å². The van der Waals surface area contributed by atoms with Crippen LogP contribution in [-0.4, -0.2) is 35.2 Å². The van der Waals surface area contributed by atoms with E-state index < -0.39 is 0 Å². The van der Waals surface area contributed by atoms with Crippen LogP contribution in [0.3, 0.4) is 0 Å². The highest BCUT2D eigenvalue weighted by Crippen LogP contribution is 2.34. The van der Waals surface area contributed by atoms with Gasteiger partial charge in [-0.2, -0.15) is 0 Å². The lowest BCUT2D eigenvalue weighted by molar-refractivity contribution is 0.0887. The van der Waals surface area contributed by atoms with E-state index in [1.807, 2.05) is 0 Å². The Morgan fingerprint density at radius 3 is 2.46 bits per heavy atom. The van der Waals surface area contributed by atoms with Crippen LogP contribution in [0.25, 0.3) is 0 Å². The molecule has 1 N–H and O–H groups in total. The highest BCUT2D eigenvalue weighted by molar-refractivity contribution is 4.87. The fourth-order valence-corrected chi connectivity index (χ4v) is 2.30. The fraction of sp³-hybridized carbons (Fsp3) is 1.00. The quantitative estimate of drug-likeness (QED) is 0.716. The summed E-state index contributed by atoms with van der Waals surface area (Å²) in [6, 6.07) is 0.674. The van der Waals surface area contributed by atoms with Crippen LogP contribution >= 0.6 is 0 Å². The van der Waals surface area contributed by atoms with Gasteiger partial charge in [0.25, 0.3) is 0 Å². The van der Waals surface area contributed by atoms with Crippen molar-refractivity contribution >= 4 is 0 Å². The lowest BCUT2D eigenvalue weighted by Gasteiger charge is -2.25. The summed E-state index contributed by atoms with van der Waals surface area (Å²) in [4.78, 5) is 2.45. The molecular formula is C11H21NO. The largest absolute Gasteiger partial charge is 0.392 e. The second-order valence-corrected chi connectivity index (χ2v) is 4.91. The van der Waals surface area contributed by atoms with Crippen molar-refractivity contribution in [2.24, 2.45) is 11.8 Å². The molecule has 2 aliphatic rings. The molecule has 3 atom stereocenters. The summed E-state index contributed by atoms with van der Waals surface area (Å²) in [7, 11) is 0. The number of hydrogen-bond donors (Lipinski definition) is 1. The van der Waals surface area contributed by atoms with Crippen molar-refractivity contribution in [3.63, 3.8) is 0 Å². The molecule has 2 nitrogen and oxygen atoms in total. The Bertz CT molecular complexity index is 179. The lowest BCUT2D eigenvalue weighted by Crippen LogP contribution is -2.37. The van der Waals surface area contributed by atoms with E-state index in [9.17, 15) is 5.11 Å². The first-order valence-electron chi connectivity index (χ1n) is 5.60. The van der Waals surface area contributed by atoms with Crippen molar-refractivity contribution < 1.29 is 5.11 Å². The zero-order chi connectivity index (χ0) is 9.42. The average molecular weight is 183 g/mol. The number of nitrogens with zero attached hydrogens (tertiary/aromatic N) is 1. The molecule has 76 valence electrons. The predicted molar refractivity (Wildman–Crippen MR) is 53.5 cm³/mol. The zero-order valence-electron chi connectivity index (χ0n) is 8.74. The highest BCUT2D eigenvalue weighted by atomic mass is 16.3. The average Bonchev–Trinajstić information content (AvgIpc) is 2.89. The Morgan fingerprint density at radius 1 is 1.31 bits per heavy atom. The van der Waals surface area contributed by atoms with Crippen LogP contribution in [0.5, 0.6) is 0 Å². The maximum Gasteiger partial charge on any atom is 0.0695 e. The molecule has 3 unspecified atom stereocenters. The molecule has 1 aliphatic carbocycles. The topological polar surface area (TPSA) is 23.5 Å². The molecule has 0 spiro atoms. The molecule has 1 heterocycles. The van der Waals surface area contributed by atoms with Gasteiger partial charge >= 0.3 is 0 Å². The van der Waals surface area contributed by atoms with Crippen molar-refractivity contribution in [3.05, 3.63) is 0 Å². The molecule has 13 heavy (non-hydrogen) atoms. The van der Waals surface area contributed by atoms with Crippen molar-refractivity contribution in [1.82, 2.24) is 4.90 Å². The minimum atomic E-state index is -0.0484. The molecule has 2 rings (SSSR count). The first-order valence-corrected chi connectivity index (χ1v) is 5.60. The number of rotatable bonds is 3. The third kappa shape index (κ3) is 2.05. The van der Waals surface area contributed by atoms with Crippen LogP contribution in [0.15, 0.2) is 0 Å². The second-order valence-electron chi connectivity index (χ2n) is 4.91. The molecule has 0 aromatic carbocycles. The third-order valence-corrected chi connectivity index (χ3v) is 3.86. The van der Waals surface area contributed by atoms with Gasteiger partial charge in [0, 0.05) is 12.6 Å². The molecule has 0 amide bonds. The smallest absolute Gasteiger partial charge is 0.0695 e. The molecule has 2 fully saturated rings. The van der Waals surface area contributed by atoms with Crippen LogP contribution < -0.4 is 0 Å². The molecule has 1 saturated heterocycles. The van der Waals surface area contributed by atoms with E-state index in [1.165, 1.54) is 25.8 Å². The Balaban J connectivity index is 1.80. The third-order valence-electron chi connectivity index (χ3n) is 3.86. The van der Waals surface area contributed by atoms with Crippen molar-refractivity contribution in [1.29, 1.82) is 0 Å². The lowest BCUT2D eigenvalue weighted by atomic mass is 10.1. The summed E-state index contributed by atoms with van der Waals surface area (Å²) in [6.07, 6.45) is 3.75. The summed E-state index contributed by atoms with van der Waals surface area (Å²) in [6.45, 7) is 6.70. The summed E-state index contributed by atoms with van der Waals surface area (Å²) < 4.78 is 0. The standard InChI is InChI=1S/C11H21NO/c1-8-5-6-12(9(8)2)7-11(13)10-3-4-10/h8-11,13H,3-7H2,1-2H3. The Hall–Kier alpha value is -0.0800. The van der Waals surface area contributed by atoms with Gasteiger partial charge in [-0.25, -0.2) is 0 Å². The predicted octanol–water partition coefficient (Wildman–Crippen LogP) is 1.49. The van der Waals surface area contributed by atoms with Gasteiger partial charge < -0.3 is 5.11 Å². The van der Waals surface area contributed by atoms with Gasteiger partial charge in [0.2, 0.25) is 0 Å². The first kappa shape index (κ1) is 9.47. The van der Waals surface area contributed by atoms with Gasteiger partial charge in [0.15, 0.2) is 0 Å². The van der Waals surface area contributed by atoms with Crippen molar-refractivity contribution in [3.8, 4) is 0 Å². The van der Waals surface area contributed by atoms with E-state index >= 15 is 0 Å². The second kappa shape index (κ2) is 3.58. The van der Waals surface area contributed by atoms with Crippen LogP contribution in [0.2, 0.25) is 0 Å². The van der Waals surface area contributed by atoms with Crippen LogP contribution in [0.4, 0.5) is 0 Å². The minimum absolute atomic E-state index is 0.0484. The zero-order valence-corrected chi connectivity index (χ0v) is 8.74. The van der Waals surface area contributed by atoms with E-state index in [0.29, 0.717) is 12.0 Å². The van der Waals surface area contributed by atoms with Gasteiger partial charge in [0.1, 0.15) is 0 Å². The summed E-state index contributed by atoms with van der Waals surface area (Å²) in [5.74, 6) is 1.44. The number of likely N-dealkylation sites (tertiary alicyclic amines) is 1. The number of aliphatic hydroxyl groups excluding tert-OH is 1. The van der Waals surface area contributed by atoms with E-state index in [4.69, 9.17) is 0 Å². The number of hydrogen-bond acceptors (Lipinski definition) is 2. The maximum absolute atomic E-state index is 9.81. The van der Waals surface area contributed by atoms with Crippen molar-refractivity contribution in [2.45, 2.75) is 45.3 Å². The molecular weight excluding hydrogens is 162 g/mol. The minimum Gasteiger partial charge on any atom is -0.392 e. The summed E-state index contributed by atoms with van der Waals surface area (Å²) in [5.41, 5.74) is 0. The van der Waals surface area contributed by atoms with E-state index in [-0.39, 0.29) is 6.10 Å². The Morgan fingerprint density at radius 2 is 2.00 bits per heavy atom. The molecule has 0 aromatic heterocycles. The monoisotopic (exact) mass is 183 g/mol. The SMILES string of the molecule is CC1CCN(CC(O)C2CC2)C1C. The molecule has 1 saturated carbocycles. The maximum atomic E-state index is 9.81. The van der Waals surface area contributed by atoms with Gasteiger partial charge in [0.05, 0.1) is 6.10 Å². The van der Waals surface area contributed by atoms with E-state index in [2.05, 4.69) is 18.7 Å². The molecule has 0 bridgehead atoms. The van der Waals surface area contributed by atoms with E-state index in [1.54, 1.807) is 0 Å².